The van der Waals surface area contributed by atoms with Crippen LogP contribution in [0.25, 0.3) is 6.08 Å². The van der Waals surface area contributed by atoms with Crippen molar-refractivity contribution >= 4 is 46.3 Å². The van der Waals surface area contributed by atoms with Crippen molar-refractivity contribution in [3.63, 3.8) is 0 Å². The Hall–Kier alpha value is -4.62. The lowest BCUT2D eigenvalue weighted by molar-refractivity contribution is -0.113. The molecule has 1 aliphatic rings. The molecule has 0 bridgehead atoms. The molecule has 0 saturated carbocycles. The smallest absolute Gasteiger partial charge is 0.335 e. The number of benzene rings is 4. The molecule has 4 aromatic rings. The SMILES string of the molecule is Cc1ccc(N=C2S/C(=C\c3cccc(OCc4ccc(C(=O)O)cc4)c3)C(=O)N2c2ccc(C)cc2)cc1. The first-order chi connectivity index (χ1) is 18.9. The number of carboxylic acid groups (broad SMARTS) is 1. The van der Waals surface area contributed by atoms with Crippen molar-refractivity contribution in [1.29, 1.82) is 0 Å². The van der Waals surface area contributed by atoms with Crippen LogP contribution >= 0.6 is 11.8 Å². The quantitative estimate of drug-likeness (QED) is 0.250. The Balaban J connectivity index is 1.39. The van der Waals surface area contributed by atoms with Crippen LogP contribution in [-0.4, -0.2) is 22.2 Å². The fourth-order valence-electron chi connectivity index (χ4n) is 3.96. The number of hydrogen-bond donors (Lipinski definition) is 1. The molecule has 0 unspecified atom stereocenters. The maximum atomic E-state index is 13.6. The molecular weight excluding hydrogens is 508 g/mol. The molecule has 5 rings (SSSR count). The van der Waals surface area contributed by atoms with Gasteiger partial charge in [0, 0.05) is 0 Å². The number of thioether (sulfide) groups is 1. The van der Waals surface area contributed by atoms with Gasteiger partial charge in [0.1, 0.15) is 12.4 Å². The summed E-state index contributed by atoms with van der Waals surface area (Å²) < 4.78 is 5.93. The normalized spacial score (nSPS) is 15.2. The highest BCUT2D eigenvalue weighted by Crippen LogP contribution is 2.37. The van der Waals surface area contributed by atoms with E-state index < -0.39 is 5.97 Å². The van der Waals surface area contributed by atoms with Crippen molar-refractivity contribution in [1.82, 2.24) is 0 Å². The van der Waals surface area contributed by atoms with Gasteiger partial charge in [-0.3, -0.25) is 9.69 Å². The second-order valence-electron chi connectivity index (χ2n) is 9.18. The summed E-state index contributed by atoms with van der Waals surface area (Å²) in [7, 11) is 0. The van der Waals surface area contributed by atoms with Crippen LogP contribution in [0.2, 0.25) is 0 Å². The number of hydrogen-bond acceptors (Lipinski definition) is 5. The fourth-order valence-corrected chi connectivity index (χ4v) is 4.96. The maximum absolute atomic E-state index is 13.6. The number of aromatic carboxylic acids is 1. The van der Waals surface area contributed by atoms with Crippen LogP contribution in [0.5, 0.6) is 5.75 Å². The molecule has 0 atom stereocenters. The monoisotopic (exact) mass is 534 g/mol. The first kappa shape index (κ1) is 26.0. The largest absolute Gasteiger partial charge is 0.489 e. The van der Waals surface area contributed by atoms with Crippen molar-refractivity contribution in [2.45, 2.75) is 20.5 Å². The van der Waals surface area contributed by atoms with Gasteiger partial charge in [-0.15, -0.1) is 0 Å². The summed E-state index contributed by atoms with van der Waals surface area (Å²) in [5.41, 5.74) is 5.71. The minimum absolute atomic E-state index is 0.139. The minimum Gasteiger partial charge on any atom is -0.489 e. The Morgan fingerprint density at radius 3 is 2.26 bits per heavy atom. The second-order valence-corrected chi connectivity index (χ2v) is 10.2. The Bertz CT molecular complexity index is 1570. The number of amides is 1. The van der Waals surface area contributed by atoms with E-state index in [2.05, 4.69) is 0 Å². The van der Waals surface area contributed by atoms with Gasteiger partial charge in [-0.05, 0) is 91.3 Å². The van der Waals surface area contributed by atoms with E-state index >= 15 is 0 Å². The van der Waals surface area contributed by atoms with E-state index in [-0.39, 0.29) is 11.5 Å². The first-order valence-corrected chi connectivity index (χ1v) is 13.2. The highest BCUT2D eigenvalue weighted by atomic mass is 32.2. The molecule has 0 radical (unpaired) electrons. The fraction of sp³-hybridized carbons (Fsp3) is 0.0938. The number of aryl methyl sites for hydroxylation is 2. The van der Waals surface area contributed by atoms with Gasteiger partial charge in [0.25, 0.3) is 5.91 Å². The molecule has 0 aliphatic carbocycles. The molecule has 1 amide bonds. The van der Waals surface area contributed by atoms with Gasteiger partial charge in [-0.1, -0.05) is 59.7 Å². The molecule has 6 nitrogen and oxygen atoms in total. The predicted octanol–water partition coefficient (Wildman–Crippen LogP) is 7.39. The average molecular weight is 535 g/mol. The number of nitrogens with zero attached hydrogens (tertiary/aromatic N) is 2. The van der Waals surface area contributed by atoms with Crippen LogP contribution in [-0.2, 0) is 11.4 Å². The summed E-state index contributed by atoms with van der Waals surface area (Å²) in [6.07, 6.45) is 1.85. The van der Waals surface area contributed by atoms with Crippen LogP contribution in [0.3, 0.4) is 0 Å². The number of carbonyl (C=O) groups excluding carboxylic acids is 1. The average Bonchev–Trinajstić information content (AvgIpc) is 3.23. The number of carbonyl (C=O) groups is 2. The minimum atomic E-state index is -0.962. The Labute approximate surface area is 231 Å². The molecular formula is C32H26N2O4S. The van der Waals surface area contributed by atoms with Crippen molar-refractivity contribution in [2.24, 2.45) is 4.99 Å². The molecule has 194 valence electrons. The van der Waals surface area contributed by atoms with Gasteiger partial charge < -0.3 is 9.84 Å². The van der Waals surface area contributed by atoms with E-state index in [0.717, 1.165) is 33.6 Å². The number of anilines is 1. The zero-order valence-electron chi connectivity index (χ0n) is 21.5. The molecule has 0 aromatic heterocycles. The van der Waals surface area contributed by atoms with Crippen LogP contribution in [0, 0.1) is 13.8 Å². The number of aliphatic imine (C=N–C) groups is 1. The van der Waals surface area contributed by atoms with Gasteiger partial charge in [-0.25, -0.2) is 9.79 Å². The molecule has 39 heavy (non-hydrogen) atoms. The van der Waals surface area contributed by atoms with E-state index in [1.54, 1.807) is 29.2 Å². The van der Waals surface area contributed by atoms with Crippen molar-refractivity contribution in [3.8, 4) is 5.75 Å². The third-order valence-electron chi connectivity index (χ3n) is 6.12. The highest BCUT2D eigenvalue weighted by Gasteiger charge is 2.34. The molecule has 1 fully saturated rings. The maximum Gasteiger partial charge on any atom is 0.335 e. The molecule has 1 saturated heterocycles. The Morgan fingerprint density at radius 1 is 0.923 bits per heavy atom. The molecule has 1 aliphatic heterocycles. The van der Waals surface area contributed by atoms with E-state index in [1.165, 1.54) is 11.8 Å². The third kappa shape index (κ3) is 6.27. The molecule has 7 heteroatoms. The molecule has 4 aromatic carbocycles. The van der Waals surface area contributed by atoms with Crippen molar-refractivity contribution in [3.05, 3.63) is 130 Å². The molecule has 0 spiro atoms. The second kappa shape index (κ2) is 11.4. The van der Waals surface area contributed by atoms with Crippen LogP contribution in [0.1, 0.15) is 32.6 Å². The summed E-state index contributed by atoms with van der Waals surface area (Å²) in [4.78, 5) is 31.7. The number of rotatable bonds is 7. The molecule has 1 N–H and O–H groups in total. The van der Waals surface area contributed by atoms with Crippen molar-refractivity contribution in [2.75, 3.05) is 4.90 Å². The third-order valence-corrected chi connectivity index (χ3v) is 7.09. The Morgan fingerprint density at radius 2 is 1.59 bits per heavy atom. The van der Waals surface area contributed by atoms with Crippen LogP contribution < -0.4 is 9.64 Å². The summed E-state index contributed by atoms with van der Waals surface area (Å²) in [5.74, 6) is -0.457. The summed E-state index contributed by atoms with van der Waals surface area (Å²) in [6, 6.07) is 29.8. The van der Waals surface area contributed by atoms with Gasteiger partial charge in [0.2, 0.25) is 0 Å². The number of ether oxygens (including phenoxy) is 1. The lowest BCUT2D eigenvalue weighted by Gasteiger charge is -2.16. The van der Waals surface area contributed by atoms with Gasteiger partial charge in [0.05, 0.1) is 21.8 Å². The predicted molar refractivity (Wildman–Crippen MR) is 157 cm³/mol. The summed E-state index contributed by atoms with van der Waals surface area (Å²) >= 11 is 1.34. The molecule has 1 heterocycles. The van der Waals surface area contributed by atoms with Gasteiger partial charge >= 0.3 is 5.97 Å². The van der Waals surface area contributed by atoms with Crippen molar-refractivity contribution < 1.29 is 19.4 Å². The first-order valence-electron chi connectivity index (χ1n) is 12.4. The topological polar surface area (TPSA) is 79.2 Å². The van der Waals surface area contributed by atoms with Crippen LogP contribution in [0.4, 0.5) is 11.4 Å². The number of amidine groups is 1. The summed E-state index contributed by atoms with van der Waals surface area (Å²) in [5, 5.41) is 9.66. The Kier molecular flexibility index (Phi) is 7.61. The highest BCUT2D eigenvalue weighted by molar-refractivity contribution is 8.19. The van der Waals surface area contributed by atoms with Crippen LogP contribution in [0.15, 0.2) is 107 Å². The number of carboxylic acids is 1. The zero-order chi connectivity index (χ0) is 27.4. The standard InChI is InChI=1S/C32H26N2O4S/c1-21-6-14-26(15-7-21)33-32-34(27-16-8-22(2)9-17-27)30(35)29(39-32)19-24-4-3-5-28(18-24)38-20-23-10-12-25(13-11-23)31(36)37/h3-19H,20H2,1-2H3,(H,36,37)/b29-19-,33-32?. The zero-order valence-corrected chi connectivity index (χ0v) is 22.3. The lowest BCUT2D eigenvalue weighted by atomic mass is 10.1. The van der Waals surface area contributed by atoms with E-state index in [0.29, 0.717) is 22.4 Å². The van der Waals surface area contributed by atoms with E-state index in [9.17, 15) is 9.59 Å². The van der Waals surface area contributed by atoms with E-state index in [1.807, 2.05) is 92.7 Å². The summed E-state index contributed by atoms with van der Waals surface area (Å²) in [6.45, 7) is 4.33. The lowest BCUT2D eigenvalue weighted by Crippen LogP contribution is -2.28. The van der Waals surface area contributed by atoms with E-state index in [4.69, 9.17) is 14.8 Å². The van der Waals surface area contributed by atoms with Gasteiger partial charge in [0.15, 0.2) is 5.17 Å². The van der Waals surface area contributed by atoms with Gasteiger partial charge in [-0.2, -0.15) is 0 Å².